The maximum absolute atomic E-state index is 12.4. The highest BCUT2D eigenvalue weighted by molar-refractivity contribution is 7.89. The molecular formula is C15H16Cl2N4O4S. The average Bonchev–Trinajstić information content (AvgIpc) is 2.56. The summed E-state index contributed by atoms with van der Waals surface area (Å²) in [5, 5.41) is 10.5. The molecule has 0 aliphatic carbocycles. The zero-order chi connectivity index (χ0) is 19.5. The van der Waals surface area contributed by atoms with E-state index in [-0.39, 0.29) is 34.5 Å². The number of amides is 2. The Hall–Kier alpha value is -2.04. The quantitative estimate of drug-likeness (QED) is 0.568. The zero-order valence-electron chi connectivity index (χ0n) is 13.3. The van der Waals surface area contributed by atoms with Crippen LogP contribution in [0.5, 0.6) is 5.75 Å². The van der Waals surface area contributed by atoms with Gasteiger partial charge in [-0.25, -0.2) is 17.9 Å². The van der Waals surface area contributed by atoms with Gasteiger partial charge in [-0.3, -0.25) is 4.90 Å². The number of urea groups is 1. The van der Waals surface area contributed by atoms with Crippen LogP contribution in [-0.4, -0.2) is 32.6 Å². The number of para-hydroxylation sites is 1. The van der Waals surface area contributed by atoms with E-state index < -0.39 is 26.7 Å². The van der Waals surface area contributed by atoms with Crippen LogP contribution in [0.25, 0.3) is 0 Å². The lowest BCUT2D eigenvalue weighted by Crippen LogP contribution is -2.32. The summed E-state index contributed by atoms with van der Waals surface area (Å²) in [6.07, 6.45) is 0. The summed E-state index contributed by atoms with van der Waals surface area (Å²) < 4.78 is 27.0. The molecule has 0 unspecified atom stereocenters. The first-order chi connectivity index (χ1) is 12.2. The average molecular weight is 419 g/mol. The van der Waals surface area contributed by atoms with Gasteiger partial charge in [0, 0.05) is 13.1 Å². The number of phenolic OH excluding ortho intramolecular Hbond substituents is 1. The van der Waals surface area contributed by atoms with Crippen molar-refractivity contribution < 1.29 is 18.3 Å². The molecule has 0 aliphatic heterocycles. The van der Waals surface area contributed by atoms with Crippen LogP contribution in [0, 0.1) is 0 Å². The standard InChI is InChI=1S/C15H16Cl2N4O4S/c16-9-3-1-2-4-11(9)21(15(19)23)12-6-5-10(17)14(13(12)22)26(24,25)20-8-7-18/h1-6,20,22H,7-8,18H2,(H2,19,23). The molecule has 0 aliphatic rings. The molecule has 2 aromatic carbocycles. The van der Waals surface area contributed by atoms with Crippen LogP contribution in [0.4, 0.5) is 16.2 Å². The highest BCUT2D eigenvalue weighted by Gasteiger charge is 2.29. The smallest absolute Gasteiger partial charge is 0.324 e. The number of primary amides is 1. The first-order valence-electron chi connectivity index (χ1n) is 7.26. The van der Waals surface area contributed by atoms with E-state index in [1.54, 1.807) is 12.1 Å². The Bertz CT molecular complexity index is 937. The van der Waals surface area contributed by atoms with Crippen LogP contribution in [0.1, 0.15) is 0 Å². The lowest BCUT2D eigenvalue weighted by Gasteiger charge is -2.24. The lowest BCUT2D eigenvalue weighted by atomic mass is 10.2. The van der Waals surface area contributed by atoms with Crippen molar-refractivity contribution in [1.29, 1.82) is 0 Å². The number of nitrogens with zero attached hydrogens (tertiary/aromatic N) is 1. The third-order valence-corrected chi connectivity index (χ3v) is 5.60. The molecule has 11 heteroatoms. The molecule has 8 nitrogen and oxygen atoms in total. The van der Waals surface area contributed by atoms with E-state index in [1.165, 1.54) is 24.3 Å². The largest absolute Gasteiger partial charge is 0.504 e. The molecule has 2 aromatic rings. The van der Waals surface area contributed by atoms with Gasteiger partial charge in [-0.1, -0.05) is 35.3 Å². The monoisotopic (exact) mass is 418 g/mol. The Morgan fingerprint density at radius 1 is 1.12 bits per heavy atom. The number of hydrogen-bond acceptors (Lipinski definition) is 5. The predicted octanol–water partition coefficient (Wildman–Crippen LogP) is 2.15. The second-order valence-electron chi connectivity index (χ2n) is 5.06. The number of carbonyl (C=O) groups excluding carboxylic acids is 1. The topological polar surface area (TPSA) is 139 Å². The first-order valence-corrected chi connectivity index (χ1v) is 9.50. The highest BCUT2D eigenvalue weighted by Crippen LogP contribution is 2.42. The molecule has 140 valence electrons. The van der Waals surface area contributed by atoms with Gasteiger partial charge < -0.3 is 16.6 Å². The van der Waals surface area contributed by atoms with Gasteiger partial charge in [0.25, 0.3) is 0 Å². The second kappa shape index (κ2) is 8.11. The molecule has 0 atom stereocenters. The molecule has 26 heavy (non-hydrogen) atoms. The summed E-state index contributed by atoms with van der Waals surface area (Å²) in [5.74, 6) is -0.749. The molecule has 0 fully saturated rings. The molecule has 0 saturated heterocycles. The fraction of sp³-hybridized carbons (Fsp3) is 0.133. The van der Waals surface area contributed by atoms with Crippen LogP contribution in [0.15, 0.2) is 41.3 Å². The molecule has 0 saturated carbocycles. The van der Waals surface area contributed by atoms with Crippen molar-refractivity contribution in [3.8, 4) is 5.75 Å². The van der Waals surface area contributed by atoms with Crippen LogP contribution in [0.3, 0.4) is 0 Å². The van der Waals surface area contributed by atoms with Crippen LogP contribution in [0.2, 0.25) is 10.0 Å². The van der Waals surface area contributed by atoms with Crippen LogP contribution >= 0.6 is 23.2 Å². The maximum Gasteiger partial charge on any atom is 0.324 e. The summed E-state index contributed by atoms with van der Waals surface area (Å²) in [6.45, 7) is -0.0171. The van der Waals surface area contributed by atoms with E-state index in [0.717, 1.165) is 4.90 Å². The van der Waals surface area contributed by atoms with Crippen LogP contribution < -0.4 is 21.1 Å². The number of benzene rings is 2. The highest BCUT2D eigenvalue weighted by atomic mass is 35.5. The minimum atomic E-state index is -4.18. The third-order valence-electron chi connectivity index (χ3n) is 3.32. The third kappa shape index (κ3) is 4.02. The lowest BCUT2D eigenvalue weighted by molar-refractivity contribution is 0.256. The van der Waals surface area contributed by atoms with Crippen molar-refractivity contribution in [2.45, 2.75) is 4.90 Å². The molecule has 2 amide bonds. The van der Waals surface area contributed by atoms with E-state index in [4.69, 9.17) is 34.7 Å². The minimum absolute atomic E-state index is 0.0460. The van der Waals surface area contributed by atoms with Gasteiger partial charge >= 0.3 is 6.03 Å². The first kappa shape index (κ1) is 20.3. The van der Waals surface area contributed by atoms with Crippen molar-refractivity contribution in [2.75, 3.05) is 18.0 Å². The van der Waals surface area contributed by atoms with Crippen molar-refractivity contribution in [3.05, 3.63) is 46.4 Å². The number of aromatic hydroxyl groups is 1. The van der Waals surface area contributed by atoms with Gasteiger partial charge in [0.05, 0.1) is 21.4 Å². The Morgan fingerprint density at radius 3 is 2.35 bits per heavy atom. The molecule has 0 radical (unpaired) electrons. The molecule has 2 rings (SSSR count). The van der Waals surface area contributed by atoms with Crippen molar-refractivity contribution in [1.82, 2.24) is 4.72 Å². The van der Waals surface area contributed by atoms with Gasteiger partial charge in [-0.2, -0.15) is 0 Å². The number of halogens is 2. The molecule has 0 aromatic heterocycles. The number of phenols is 1. The van der Waals surface area contributed by atoms with E-state index >= 15 is 0 Å². The summed E-state index contributed by atoms with van der Waals surface area (Å²) in [4.78, 5) is 12.3. The normalized spacial score (nSPS) is 11.3. The van der Waals surface area contributed by atoms with Gasteiger partial charge in [0.1, 0.15) is 4.90 Å². The fourth-order valence-electron chi connectivity index (χ4n) is 2.24. The number of nitrogens with one attached hydrogen (secondary N) is 1. The summed E-state index contributed by atoms with van der Waals surface area (Å²) >= 11 is 12.0. The number of hydrogen-bond donors (Lipinski definition) is 4. The summed E-state index contributed by atoms with van der Waals surface area (Å²) in [7, 11) is -4.18. The Kier molecular flexibility index (Phi) is 6.32. The number of anilines is 2. The number of carbonyl (C=O) groups is 1. The molecule has 0 heterocycles. The Labute approximate surface area is 160 Å². The molecular weight excluding hydrogens is 403 g/mol. The van der Waals surface area contributed by atoms with E-state index in [1.807, 2.05) is 0 Å². The van der Waals surface area contributed by atoms with Crippen LogP contribution in [-0.2, 0) is 10.0 Å². The molecule has 0 spiro atoms. The second-order valence-corrected chi connectivity index (χ2v) is 7.57. The number of rotatable bonds is 6. The number of nitrogens with two attached hydrogens (primary N) is 2. The molecule has 6 N–H and O–H groups in total. The Morgan fingerprint density at radius 2 is 1.77 bits per heavy atom. The number of sulfonamides is 1. The molecule has 0 bridgehead atoms. The van der Waals surface area contributed by atoms with E-state index in [2.05, 4.69) is 4.72 Å². The van der Waals surface area contributed by atoms with Gasteiger partial charge in [-0.15, -0.1) is 0 Å². The summed E-state index contributed by atoms with van der Waals surface area (Å²) in [5.41, 5.74) is 10.7. The Balaban J connectivity index is 2.68. The minimum Gasteiger partial charge on any atom is -0.504 e. The zero-order valence-corrected chi connectivity index (χ0v) is 15.6. The SMILES string of the molecule is NCCNS(=O)(=O)c1c(Cl)ccc(N(C(N)=O)c2ccccc2Cl)c1O. The van der Waals surface area contributed by atoms with Crippen molar-refractivity contribution in [3.63, 3.8) is 0 Å². The van der Waals surface area contributed by atoms with Gasteiger partial charge in [0.2, 0.25) is 10.0 Å². The van der Waals surface area contributed by atoms with Gasteiger partial charge in [0.15, 0.2) is 5.75 Å². The summed E-state index contributed by atoms with van der Waals surface area (Å²) in [6, 6.07) is 7.74. The van der Waals surface area contributed by atoms with Crippen molar-refractivity contribution >= 4 is 50.6 Å². The maximum atomic E-state index is 12.4. The predicted molar refractivity (Wildman–Crippen MR) is 101 cm³/mol. The van der Waals surface area contributed by atoms with Gasteiger partial charge in [-0.05, 0) is 24.3 Å². The fourth-order valence-corrected chi connectivity index (χ4v) is 4.13. The van der Waals surface area contributed by atoms with E-state index in [0.29, 0.717) is 0 Å². The van der Waals surface area contributed by atoms with E-state index in [9.17, 15) is 18.3 Å². The van der Waals surface area contributed by atoms with Crippen molar-refractivity contribution in [2.24, 2.45) is 11.5 Å².